The molecule has 5 heteroatoms. The Bertz CT molecular complexity index is 349. The van der Waals surface area contributed by atoms with E-state index < -0.39 is 0 Å². The van der Waals surface area contributed by atoms with Gasteiger partial charge in [0.25, 0.3) is 0 Å². The summed E-state index contributed by atoms with van der Waals surface area (Å²) in [6.07, 6.45) is 1.89. The third kappa shape index (κ3) is 5.18. The maximum atomic E-state index is 13.0. The molecule has 0 heterocycles. The first-order chi connectivity index (χ1) is 8.17. The molecule has 1 aromatic carbocycles. The van der Waals surface area contributed by atoms with Gasteiger partial charge in [-0.3, -0.25) is 0 Å². The minimum Gasteiger partial charge on any atom is -0.383 e. The second-order valence-electron chi connectivity index (χ2n) is 3.85. The van der Waals surface area contributed by atoms with Crippen LogP contribution in [0, 0.1) is 9.39 Å². The minimum absolute atomic E-state index is 0.211. The molecule has 0 radical (unpaired) electrons. The Kier molecular flexibility index (Phi) is 6.76. The van der Waals surface area contributed by atoms with Gasteiger partial charge in [0.1, 0.15) is 5.82 Å². The van der Waals surface area contributed by atoms with E-state index in [4.69, 9.17) is 10.5 Å². The molecular formula is C12H18FIN2O. The Morgan fingerprint density at radius 2 is 2.29 bits per heavy atom. The number of nitrogens with two attached hydrogens (primary N) is 1. The number of halogens is 2. The van der Waals surface area contributed by atoms with E-state index >= 15 is 0 Å². The second kappa shape index (κ2) is 7.84. The van der Waals surface area contributed by atoms with Crippen molar-refractivity contribution in [3.05, 3.63) is 27.6 Å². The van der Waals surface area contributed by atoms with Gasteiger partial charge >= 0.3 is 0 Å². The molecule has 0 fully saturated rings. The molecule has 0 aliphatic carbocycles. The number of hydrogen-bond donors (Lipinski definition) is 2. The summed E-state index contributed by atoms with van der Waals surface area (Å²) >= 11 is 2.12. The first-order valence-corrected chi connectivity index (χ1v) is 6.66. The van der Waals surface area contributed by atoms with E-state index in [-0.39, 0.29) is 11.9 Å². The highest BCUT2D eigenvalue weighted by molar-refractivity contribution is 14.1. The van der Waals surface area contributed by atoms with Gasteiger partial charge in [0, 0.05) is 22.4 Å². The topological polar surface area (TPSA) is 47.3 Å². The van der Waals surface area contributed by atoms with E-state index in [0.717, 1.165) is 22.1 Å². The number of hydrogen-bond acceptors (Lipinski definition) is 3. The lowest BCUT2D eigenvalue weighted by Gasteiger charge is -2.19. The Hall–Kier alpha value is -0.400. The number of ether oxygens (including phenoxy) is 1. The number of nitrogens with one attached hydrogen (secondary N) is 1. The highest BCUT2D eigenvalue weighted by atomic mass is 127. The van der Waals surface area contributed by atoms with E-state index in [1.807, 2.05) is 0 Å². The summed E-state index contributed by atoms with van der Waals surface area (Å²) in [5.74, 6) is -0.217. The molecule has 0 aliphatic rings. The normalized spacial score (nSPS) is 12.5. The van der Waals surface area contributed by atoms with Crippen LogP contribution in [-0.4, -0.2) is 26.3 Å². The van der Waals surface area contributed by atoms with Crippen LogP contribution in [0.5, 0.6) is 0 Å². The lowest BCUT2D eigenvalue weighted by atomic mass is 10.1. The molecule has 3 nitrogen and oxygen atoms in total. The fourth-order valence-electron chi connectivity index (χ4n) is 1.59. The molecule has 0 aromatic heterocycles. The molecule has 0 aliphatic heterocycles. The van der Waals surface area contributed by atoms with Gasteiger partial charge < -0.3 is 15.8 Å². The standard InChI is InChI=1S/C12H18FIN2O/c1-17-8-10(3-2-6-15)16-12-5-4-9(13)7-11(12)14/h4-5,7,10,16H,2-3,6,8,15H2,1H3. The van der Waals surface area contributed by atoms with Crippen molar-refractivity contribution in [1.29, 1.82) is 0 Å². The van der Waals surface area contributed by atoms with Crippen molar-refractivity contribution >= 4 is 28.3 Å². The first-order valence-electron chi connectivity index (χ1n) is 5.58. The van der Waals surface area contributed by atoms with Crippen LogP contribution in [0.15, 0.2) is 18.2 Å². The highest BCUT2D eigenvalue weighted by Crippen LogP contribution is 2.20. The predicted octanol–water partition coefficient (Wildman–Crippen LogP) is 2.60. The van der Waals surface area contributed by atoms with E-state index in [2.05, 4.69) is 27.9 Å². The highest BCUT2D eigenvalue weighted by Gasteiger charge is 2.10. The smallest absolute Gasteiger partial charge is 0.124 e. The molecule has 3 N–H and O–H groups in total. The summed E-state index contributed by atoms with van der Waals surface area (Å²) < 4.78 is 19.0. The Balaban J connectivity index is 2.64. The zero-order valence-corrected chi connectivity index (χ0v) is 12.0. The zero-order chi connectivity index (χ0) is 12.7. The van der Waals surface area contributed by atoms with Crippen molar-refractivity contribution in [2.24, 2.45) is 5.73 Å². The summed E-state index contributed by atoms with van der Waals surface area (Å²) in [5.41, 5.74) is 6.43. The minimum atomic E-state index is -0.217. The molecule has 1 atom stereocenters. The van der Waals surface area contributed by atoms with Gasteiger partial charge in [0.05, 0.1) is 6.61 Å². The van der Waals surface area contributed by atoms with Crippen molar-refractivity contribution in [3.8, 4) is 0 Å². The third-order valence-electron chi connectivity index (χ3n) is 2.42. The van der Waals surface area contributed by atoms with Crippen LogP contribution in [0.2, 0.25) is 0 Å². The molecule has 1 rings (SSSR count). The van der Waals surface area contributed by atoms with Gasteiger partial charge in [-0.15, -0.1) is 0 Å². The van der Waals surface area contributed by atoms with E-state index in [9.17, 15) is 4.39 Å². The molecule has 17 heavy (non-hydrogen) atoms. The Morgan fingerprint density at radius 1 is 1.53 bits per heavy atom. The third-order valence-corrected chi connectivity index (χ3v) is 3.31. The van der Waals surface area contributed by atoms with Gasteiger partial charge in [-0.1, -0.05) is 0 Å². The van der Waals surface area contributed by atoms with Crippen molar-refractivity contribution < 1.29 is 9.13 Å². The van der Waals surface area contributed by atoms with E-state index in [1.165, 1.54) is 12.1 Å². The second-order valence-corrected chi connectivity index (χ2v) is 5.01. The SMILES string of the molecule is COCC(CCCN)Nc1ccc(F)cc1I. The van der Waals surface area contributed by atoms with Gasteiger partial charge in [0.15, 0.2) is 0 Å². The van der Waals surface area contributed by atoms with Crippen LogP contribution >= 0.6 is 22.6 Å². The van der Waals surface area contributed by atoms with Crippen molar-refractivity contribution in [2.75, 3.05) is 25.6 Å². The van der Waals surface area contributed by atoms with Crippen LogP contribution in [0.1, 0.15) is 12.8 Å². The number of rotatable bonds is 7. The first kappa shape index (κ1) is 14.7. The lowest BCUT2D eigenvalue weighted by molar-refractivity contribution is 0.182. The van der Waals surface area contributed by atoms with Crippen LogP contribution < -0.4 is 11.1 Å². The average Bonchev–Trinajstić information content (AvgIpc) is 2.29. The van der Waals surface area contributed by atoms with Gasteiger partial charge in [-0.25, -0.2) is 4.39 Å². The Morgan fingerprint density at radius 3 is 2.88 bits per heavy atom. The summed E-state index contributed by atoms with van der Waals surface area (Å²) in [4.78, 5) is 0. The average molecular weight is 352 g/mol. The van der Waals surface area contributed by atoms with Gasteiger partial charge in [0.2, 0.25) is 0 Å². The van der Waals surface area contributed by atoms with Gasteiger partial charge in [-0.05, 0) is 60.2 Å². The quantitative estimate of drug-likeness (QED) is 0.742. The fourth-order valence-corrected chi connectivity index (χ4v) is 2.22. The van der Waals surface area contributed by atoms with Crippen LogP contribution in [0.3, 0.4) is 0 Å². The molecule has 0 saturated heterocycles. The van der Waals surface area contributed by atoms with Crippen molar-refractivity contribution in [2.45, 2.75) is 18.9 Å². The number of anilines is 1. The maximum Gasteiger partial charge on any atom is 0.124 e. The molecule has 0 bridgehead atoms. The molecule has 96 valence electrons. The molecular weight excluding hydrogens is 334 g/mol. The summed E-state index contributed by atoms with van der Waals surface area (Å²) in [5, 5.41) is 3.36. The number of benzene rings is 1. The molecule has 0 amide bonds. The summed E-state index contributed by atoms with van der Waals surface area (Å²) in [6, 6.07) is 4.93. The van der Waals surface area contributed by atoms with Gasteiger partial charge in [-0.2, -0.15) is 0 Å². The van der Waals surface area contributed by atoms with E-state index in [0.29, 0.717) is 13.2 Å². The van der Waals surface area contributed by atoms with Crippen LogP contribution in [0.4, 0.5) is 10.1 Å². The summed E-state index contributed by atoms with van der Waals surface area (Å²) in [7, 11) is 1.67. The largest absolute Gasteiger partial charge is 0.383 e. The van der Waals surface area contributed by atoms with E-state index in [1.54, 1.807) is 13.2 Å². The molecule has 1 aromatic rings. The van der Waals surface area contributed by atoms with Crippen molar-refractivity contribution in [1.82, 2.24) is 0 Å². The monoisotopic (exact) mass is 352 g/mol. The predicted molar refractivity (Wildman–Crippen MR) is 76.7 cm³/mol. The zero-order valence-electron chi connectivity index (χ0n) is 9.88. The van der Waals surface area contributed by atoms with Crippen LogP contribution in [0.25, 0.3) is 0 Å². The maximum absolute atomic E-state index is 13.0. The molecule has 0 spiro atoms. The summed E-state index contributed by atoms with van der Waals surface area (Å²) in [6.45, 7) is 1.29. The molecule has 1 unspecified atom stereocenters. The van der Waals surface area contributed by atoms with Crippen LogP contribution in [-0.2, 0) is 4.74 Å². The Labute approximate surface area is 115 Å². The number of methoxy groups -OCH3 is 1. The lowest BCUT2D eigenvalue weighted by Crippen LogP contribution is -2.26. The van der Waals surface area contributed by atoms with Crippen molar-refractivity contribution in [3.63, 3.8) is 0 Å². The molecule has 0 saturated carbocycles. The fraction of sp³-hybridized carbons (Fsp3) is 0.500.